The summed E-state index contributed by atoms with van der Waals surface area (Å²) < 4.78 is 5.30. The first kappa shape index (κ1) is 18.0. The zero-order chi connectivity index (χ0) is 17.6. The second-order valence-corrected chi connectivity index (χ2v) is 4.52. The number of hydrogen-bond acceptors (Lipinski definition) is 6. The Morgan fingerprint density at radius 2 is 2.22 bits per heavy atom. The highest BCUT2D eigenvalue weighted by molar-refractivity contribution is 6.01. The number of phenolic OH excluding ortho intramolecular Hbond substituents is 1. The summed E-state index contributed by atoms with van der Waals surface area (Å²) >= 11 is 0. The Balaban J connectivity index is 3.78. The van der Waals surface area contributed by atoms with E-state index in [1.807, 2.05) is 6.07 Å². The van der Waals surface area contributed by atoms with Crippen LogP contribution in [-0.2, 0) is 11.2 Å². The predicted octanol–water partition coefficient (Wildman–Crippen LogP) is 2.65. The molecular formula is C15H17N3O5. The van der Waals surface area contributed by atoms with Crippen LogP contribution in [0.25, 0.3) is 0 Å². The third-order valence-corrected chi connectivity index (χ3v) is 3.04. The van der Waals surface area contributed by atoms with Gasteiger partial charge in [-0.25, -0.2) is 0 Å². The molecule has 8 heteroatoms. The highest BCUT2D eigenvalue weighted by Crippen LogP contribution is 2.46. The van der Waals surface area contributed by atoms with Gasteiger partial charge in [0.1, 0.15) is 11.6 Å². The molecule has 2 N–H and O–H groups in total. The molecule has 0 aliphatic heterocycles. The van der Waals surface area contributed by atoms with Crippen molar-refractivity contribution in [2.75, 3.05) is 11.9 Å². The minimum absolute atomic E-state index is 0.0445. The van der Waals surface area contributed by atoms with E-state index in [2.05, 4.69) is 11.9 Å². The summed E-state index contributed by atoms with van der Waals surface area (Å²) in [7, 11) is 0. The van der Waals surface area contributed by atoms with Gasteiger partial charge in [-0.15, -0.1) is 0 Å². The van der Waals surface area contributed by atoms with Gasteiger partial charge in [-0.2, -0.15) is 5.26 Å². The number of nitrogens with one attached hydrogen (secondary N) is 1. The average molecular weight is 319 g/mol. The Morgan fingerprint density at radius 1 is 1.57 bits per heavy atom. The minimum Gasteiger partial charge on any atom is -0.499 e. The van der Waals surface area contributed by atoms with E-state index in [1.165, 1.54) is 0 Å². The number of aromatic hydroxyl groups is 1. The summed E-state index contributed by atoms with van der Waals surface area (Å²) in [4.78, 5) is 22.1. The number of carbonyl (C=O) groups excluding carboxylic acids is 1. The number of rotatable bonds is 7. The van der Waals surface area contributed by atoms with E-state index in [0.29, 0.717) is 6.42 Å². The second-order valence-electron chi connectivity index (χ2n) is 4.52. The van der Waals surface area contributed by atoms with Crippen molar-refractivity contribution in [3.8, 4) is 17.6 Å². The number of phenols is 1. The summed E-state index contributed by atoms with van der Waals surface area (Å²) in [5, 5.41) is 33.2. The molecule has 0 aromatic heterocycles. The third-order valence-electron chi connectivity index (χ3n) is 3.04. The van der Waals surface area contributed by atoms with E-state index >= 15 is 0 Å². The number of carbonyl (C=O) groups is 1. The number of nitrogens with zero attached hydrogens (tertiary/aromatic N) is 2. The zero-order valence-electron chi connectivity index (χ0n) is 12.9. The lowest BCUT2D eigenvalue weighted by molar-refractivity contribution is -0.386. The molecule has 0 radical (unpaired) electrons. The summed E-state index contributed by atoms with van der Waals surface area (Å²) in [5.41, 5.74) is -0.746. The molecule has 1 amide bonds. The SMILES string of the molecule is C=CC(=O)Nc1c(C#N)c(OCCC)c(O)c([N+](=O)[O-])c1CC. The zero-order valence-corrected chi connectivity index (χ0v) is 12.9. The molecule has 0 unspecified atom stereocenters. The molecule has 1 aromatic rings. The maximum atomic E-state index is 11.6. The van der Waals surface area contributed by atoms with Gasteiger partial charge in [0.2, 0.25) is 11.7 Å². The summed E-state index contributed by atoms with van der Waals surface area (Å²) in [6, 6.07) is 1.83. The molecular weight excluding hydrogens is 302 g/mol. The molecule has 23 heavy (non-hydrogen) atoms. The van der Waals surface area contributed by atoms with Crippen molar-refractivity contribution in [2.45, 2.75) is 26.7 Å². The number of amides is 1. The standard InChI is InChI=1S/C15H17N3O5/c1-4-7-23-15-10(8-16)12(17-11(19)6-3)9(5-2)13(14(15)20)18(21)22/h6,20H,3-5,7H2,1-2H3,(H,17,19). The fraction of sp³-hybridized carbons (Fsp3) is 0.333. The summed E-state index contributed by atoms with van der Waals surface area (Å²) in [6.07, 6.45) is 1.67. The molecule has 122 valence electrons. The van der Waals surface area contributed by atoms with Gasteiger partial charge in [-0.3, -0.25) is 14.9 Å². The Kier molecular flexibility index (Phi) is 6.09. The van der Waals surface area contributed by atoms with Crippen LogP contribution in [0.15, 0.2) is 12.7 Å². The van der Waals surface area contributed by atoms with Crippen LogP contribution in [0.5, 0.6) is 11.5 Å². The molecule has 0 saturated heterocycles. The van der Waals surface area contributed by atoms with Crippen molar-refractivity contribution in [1.82, 2.24) is 0 Å². The van der Waals surface area contributed by atoms with Crippen molar-refractivity contribution in [1.29, 1.82) is 5.26 Å². The number of nitro benzene ring substituents is 1. The van der Waals surface area contributed by atoms with Crippen LogP contribution in [0.3, 0.4) is 0 Å². The molecule has 0 aliphatic rings. The van der Waals surface area contributed by atoms with Crippen molar-refractivity contribution in [3.05, 3.63) is 33.9 Å². The van der Waals surface area contributed by atoms with Gasteiger partial charge in [0.25, 0.3) is 0 Å². The van der Waals surface area contributed by atoms with Crippen molar-refractivity contribution in [2.24, 2.45) is 0 Å². The van der Waals surface area contributed by atoms with Crippen LogP contribution in [0.1, 0.15) is 31.4 Å². The Hall–Kier alpha value is -3.08. The number of benzene rings is 1. The van der Waals surface area contributed by atoms with Crippen LogP contribution in [-0.4, -0.2) is 22.5 Å². The van der Waals surface area contributed by atoms with Crippen LogP contribution in [0.2, 0.25) is 0 Å². The molecule has 1 aromatic carbocycles. The Morgan fingerprint density at radius 3 is 2.65 bits per heavy atom. The van der Waals surface area contributed by atoms with Gasteiger partial charge >= 0.3 is 5.69 Å². The highest BCUT2D eigenvalue weighted by Gasteiger charge is 2.31. The van der Waals surface area contributed by atoms with E-state index in [1.54, 1.807) is 13.8 Å². The number of nitro groups is 1. The maximum absolute atomic E-state index is 11.6. The van der Waals surface area contributed by atoms with Gasteiger partial charge in [-0.05, 0) is 18.9 Å². The van der Waals surface area contributed by atoms with Crippen molar-refractivity contribution < 1.29 is 19.6 Å². The predicted molar refractivity (Wildman–Crippen MR) is 83.5 cm³/mol. The van der Waals surface area contributed by atoms with Gasteiger partial charge in [0, 0.05) is 0 Å². The number of anilines is 1. The van der Waals surface area contributed by atoms with E-state index in [9.17, 15) is 25.3 Å². The van der Waals surface area contributed by atoms with Gasteiger partial charge < -0.3 is 15.2 Å². The van der Waals surface area contributed by atoms with Gasteiger partial charge in [0.15, 0.2) is 5.75 Å². The van der Waals surface area contributed by atoms with E-state index < -0.39 is 22.3 Å². The second kappa shape index (κ2) is 7.79. The first-order valence-corrected chi connectivity index (χ1v) is 6.95. The maximum Gasteiger partial charge on any atom is 0.319 e. The summed E-state index contributed by atoms with van der Waals surface area (Å²) in [6.45, 7) is 6.87. The Labute approximate surface area is 133 Å². The molecule has 0 aliphatic carbocycles. The molecule has 8 nitrogen and oxygen atoms in total. The van der Waals surface area contributed by atoms with Crippen molar-refractivity contribution >= 4 is 17.3 Å². The van der Waals surface area contributed by atoms with Crippen LogP contribution in [0.4, 0.5) is 11.4 Å². The fourth-order valence-corrected chi connectivity index (χ4v) is 2.06. The van der Waals surface area contributed by atoms with Gasteiger partial charge in [-0.1, -0.05) is 20.4 Å². The topological polar surface area (TPSA) is 125 Å². The van der Waals surface area contributed by atoms with Crippen LogP contribution >= 0.6 is 0 Å². The van der Waals surface area contributed by atoms with Crippen molar-refractivity contribution in [3.63, 3.8) is 0 Å². The first-order chi connectivity index (χ1) is 10.9. The van der Waals surface area contributed by atoms with E-state index in [0.717, 1.165) is 6.08 Å². The first-order valence-electron chi connectivity index (χ1n) is 6.95. The molecule has 0 atom stereocenters. The highest BCUT2D eigenvalue weighted by atomic mass is 16.6. The lowest BCUT2D eigenvalue weighted by Gasteiger charge is -2.16. The lowest BCUT2D eigenvalue weighted by atomic mass is 10.0. The van der Waals surface area contributed by atoms with Crippen LogP contribution < -0.4 is 10.1 Å². The molecule has 0 spiro atoms. The van der Waals surface area contributed by atoms with E-state index in [-0.39, 0.29) is 35.6 Å². The third kappa shape index (κ3) is 3.58. The van der Waals surface area contributed by atoms with E-state index in [4.69, 9.17) is 4.74 Å². The quantitative estimate of drug-likeness (QED) is 0.344. The lowest BCUT2D eigenvalue weighted by Crippen LogP contribution is -2.14. The Bertz CT molecular complexity index is 692. The molecule has 0 saturated carbocycles. The number of nitriles is 1. The number of hydrogen-bond donors (Lipinski definition) is 2. The smallest absolute Gasteiger partial charge is 0.319 e. The van der Waals surface area contributed by atoms with Gasteiger partial charge in [0.05, 0.1) is 22.8 Å². The minimum atomic E-state index is -0.766. The fourth-order valence-electron chi connectivity index (χ4n) is 2.06. The molecule has 0 fully saturated rings. The molecule has 0 heterocycles. The molecule has 1 rings (SSSR count). The molecule has 0 bridgehead atoms. The monoisotopic (exact) mass is 319 g/mol. The van der Waals surface area contributed by atoms with Crippen LogP contribution in [0, 0.1) is 21.4 Å². The number of ether oxygens (including phenoxy) is 1. The average Bonchev–Trinajstić information content (AvgIpc) is 2.53. The largest absolute Gasteiger partial charge is 0.499 e. The normalized spacial score (nSPS) is 9.78. The summed E-state index contributed by atoms with van der Waals surface area (Å²) in [5.74, 6) is -1.65.